The standard InChI is InChI=1S/C19H21ClN4O/c1-12-15-7-9-24(14-4-3-8-23(2)11-14)19(15)22-21-18(12)16-6-5-13(20)10-17(16)25/h5-7,9-10,14,25H,3-4,8,11H2,1-2H3/t14-/m1/s1. The number of hydrogen-bond acceptors (Lipinski definition) is 4. The molecule has 0 radical (unpaired) electrons. The second kappa shape index (κ2) is 6.32. The van der Waals surface area contributed by atoms with E-state index in [0.717, 1.165) is 36.1 Å². The van der Waals surface area contributed by atoms with Crippen molar-refractivity contribution in [2.24, 2.45) is 0 Å². The molecule has 0 unspecified atom stereocenters. The minimum Gasteiger partial charge on any atom is -0.507 e. The number of aryl methyl sites for hydroxylation is 1. The van der Waals surface area contributed by atoms with E-state index in [2.05, 4.69) is 39.0 Å². The summed E-state index contributed by atoms with van der Waals surface area (Å²) in [6.45, 7) is 4.21. The van der Waals surface area contributed by atoms with E-state index in [-0.39, 0.29) is 5.75 Å². The lowest BCUT2D eigenvalue weighted by molar-refractivity contribution is 0.214. The van der Waals surface area contributed by atoms with Gasteiger partial charge in [0.2, 0.25) is 0 Å². The van der Waals surface area contributed by atoms with Gasteiger partial charge in [0.25, 0.3) is 0 Å². The third-order valence-corrected chi connectivity index (χ3v) is 5.33. The quantitative estimate of drug-likeness (QED) is 0.753. The number of aromatic nitrogens is 3. The highest BCUT2D eigenvalue weighted by Gasteiger charge is 2.22. The van der Waals surface area contributed by atoms with Crippen LogP contribution in [0, 0.1) is 6.92 Å². The average molecular weight is 357 g/mol. The number of phenolic OH excluding ortho intramolecular Hbond substituents is 1. The smallest absolute Gasteiger partial charge is 0.163 e. The first-order valence-electron chi connectivity index (χ1n) is 8.56. The molecule has 0 bridgehead atoms. The van der Waals surface area contributed by atoms with Crippen molar-refractivity contribution in [2.45, 2.75) is 25.8 Å². The van der Waals surface area contributed by atoms with Crippen LogP contribution >= 0.6 is 11.6 Å². The summed E-state index contributed by atoms with van der Waals surface area (Å²) in [5, 5.41) is 20.7. The van der Waals surface area contributed by atoms with Crippen LogP contribution in [0.25, 0.3) is 22.3 Å². The Hall–Kier alpha value is -2.11. The lowest BCUT2D eigenvalue weighted by Gasteiger charge is -2.30. The highest BCUT2D eigenvalue weighted by atomic mass is 35.5. The first-order chi connectivity index (χ1) is 12.0. The number of piperidine rings is 1. The van der Waals surface area contributed by atoms with Gasteiger partial charge in [0.1, 0.15) is 11.4 Å². The van der Waals surface area contributed by atoms with Crippen molar-refractivity contribution >= 4 is 22.6 Å². The van der Waals surface area contributed by atoms with Gasteiger partial charge in [-0.15, -0.1) is 10.2 Å². The molecule has 1 aliphatic rings. The van der Waals surface area contributed by atoms with Crippen LogP contribution in [0.3, 0.4) is 0 Å². The summed E-state index contributed by atoms with van der Waals surface area (Å²) in [6, 6.07) is 7.61. The van der Waals surface area contributed by atoms with Gasteiger partial charge in [0.15, 0.2) is 5.65 Å². The molecule has 1 N–H and O–H groups in total. The molecule has 3 heterocycles. The molecular weight excluding hydrogens is 336 g/mol. The van der Waals surface area contributed by atoms with Crippen LogP contribution in [0.5, 0.6) is 5.75 Å². The Labute approximate surface area is 151 Å². The Morgan fingerprint density at radius 3 is 2.84 bits per heavy atom. The van der Waals surface area contributed by atoms with Crippen molar-refractivity contribution in [3.63, 3.8) is 0 Å². The molecule has 25 heavy (non-hydrogen) atoms. The topological polar surface area (TPSA) is 54.2 Å². The Balaban J connectivity index is 1.79. The Morgan fingerprint density at radius 1 is 1.24 bits per heavy atom. The zero-order valence-electron chi connectivity index (χ0n) is 14.4. The molecule has 1 aliphatic heterocycles. The van der Waals surface area contributed by atoms with Crippen molar-refractivity contribution in [3.8, 4) is 17.0 Å². The van der Waals surface area contributed by atoms with Crippen molar-refractivity contribution < 1.29 is 5.11 Å². The number of likely N-dealkylation sites (tertiary alicyclic amines) is 1. The number of aromatic hydroxyl groups is 1. The Bertz CT molecular complexity index is 937. The highest BCUT2D eigenvalue weighted by molar-refractivity contribution is 6.30. The van der Waals surface area contributed by atoms with Gasteiger partial charge in [-0.1, -0.05) is 11.6 Å². The summed E-state index contributed by atoms with van der Waals surface area (Å²) < 4.78 is 2.25. The number of nitrogens with zero attached hydrogens (tertiary/aromatic N) is 4. The second-order valence-electron chi connectivity index (χ2n) is 6.85. The molecule has 3 aromatic rings. The maximum atomic E-state index is 10.2. The normalized spacial score (nSPS) is 18.8. The fraction of sp³-hybridized carbons (Fsp3) is 0.368. The number of benzene rings is 1. The molecule has 0 aliphatic carbocycles. The minimum absolute atomic E-state index is 0.123. The van der Waals surface area contributed by atoms with E-state index in [1.807, 2.05) is 6.92 Å². The Morgan fingerprint density at radius 2 is 2.08 bits per heavy atom. The van der Waals surface area contributed by atoms with E-state index in [9.17, 15) is 5.11 Å². The SMILES string of the molecule is Cc1c(-c2ccc(Cl)cc2O)nnc2c1ccn2[C@@H]1CCCN(C)C1. The van der Waals surface area contributed by atoms with Gasteiger partial charge in [0.05, 0.1) is 0 Å². The number of phenols is 1. The first kappa shape index (κ1) is 16.4. The molecule has 5 nitrogen and oxygen atoms in total. The molecule has 1 fully saturated rings. The fourth-order valence-electron chi connectivity index (χ4n) is 3.76. The fourth-order valence-corrected chi connectivity index (χ4v) is 3.93. The molecule has 0 saturated carbocycles. The molecule has 4 rings (SSSR count). The summed E-state index contributed by atoms with van der Waals surface area (Å²) in [7, 11) is 2.16. The number of hydrogen-bond donors (Lipinski definition) is 1. The molecule has 0 spiro atoms. The van der Waals surface area contributed by atoms with E-state index in [1.54, 1.807) is 12.1 Å². The third-order valence-electron chi connectivity index (χ3n) is 5.10. The highest BCUT2D eigenvalue weighted by Crippen LogP contribution is 2.35. The van der Waals surface area contributed by atoms with Gasteiger partial charge in [-0.2, -0.15) is 0 Å². The van der Waals surface area contributed by atoms with Gasteiger partial charge >= 0.3 is 0 Å². The lowest BCUT2D eigenvalue weighted by atomic mass is 10.0. The average Bonchev–Trinajstić information content (AvgIpc) is 3.01. The molecule has 130 valence electrons. The zero-order chi connectivity index (χ0) is 17.6. The molecule has 1 atom stereocenters. The predicted molar refractivity (Wildman–Crippen MR) is 100 cm³/mol. The number of halogens is 1. The second-order valence-corrected chi connectivity index (χ2v) is 7.29. The number of likely N-dealkylation sites (N-methyl/N-ethyl adjacent to an activating group) is 1. The van der Waals surface area contributed by atoms with Gasteiger partial charge in [-0.25, -0.2) is 0 Å². The van der Waals surface area contributed by atoms with Crippen molar-refractivity contribution in [3.05, 3.63) is 41.0 Å². The minimum atomic E-state index is 0.123. The summed E-state index contributed by atoms with van der Waals surface area (Å²) in [4.78, 5) is 2.36. The molecule has 2 aromatic heterocycles. The Kier molecular flexibility index (Phi) is 4.13. The van der Waals surface area contributed by atoms with Crippen LogP contribution in [-0.2, 0) is 0 Å². The van der Waals surface area contributed by atoms with E-state index in [0.29, 0.717) is 22.3 Å². The largest absolute Gasteiger partial charge is 0.507 e. The van der Waals surface area contributed by atoms with Crippen molar-refractivity contribution in [1.29, 1.82) is 0 Å². The number of fused-ring (bicyclic) bond motifs is 1. The van der Waals surface area contributed by atoms with Crippen LogP contribution in [0.1, 0.15) is 24.4 Å². The van der Waals surface area contributed by atoms with Crippen LogP contribution < -0.4 is 0 Å². The summed E-state index contributed by atoms with van der Waals surface area (Å²) in [5.41, 5.74) is 3.28. The van der Waals surface area contributed by atoms with Crippen LogP contribution in [0.15, 0.2) is 30.5 Å². The maximum absolute atomic E-state index is 10.2. The zero-order valence-corrected chi connectivity index (χ0v) is 15.2. The predicted octanol–water partition coefficient (Wildman–Crippen LogP) is 4.03. The molecular formula is C19H21ClN4O. The van der Waals surface area contributed by atoms with Crippen molar-refractivity contribution in [1.82, 2.24) is 19.7 Å². The van der Waals surface area contributed by atoms with Gasteiger partial charge in [-0.3, -0.25) is 0 Å². The molecule has 1 saturated heterocycles. The van der Waals surface area contributed by atoms with E-state index in [4.69, 9.17) is 11.6 Å². The maximum Gasteiger partial charge on any atom is 0.163 e. The van der Waals surface area contributed by atoms with Gasteiger partial charge < -0.3 is 14.6 Å². The first-order valence-corrected chi connectivity index (χ1v) is 8.93. The summed E-state index contributed by atoms with van der Waals surface area (Å²) in [6.07, 6.45) is 4.47. The van der Waals surface area contributed by atoms with E-state index < -0.39 is 0 Å². The van der Waals surface area contributed by atoms with Gasteiger partial charge in [0, 0.05) is 34.8 Å². The van der Waals surface area contributed by atoms with Crippen molar-refractivity contribution in [2.75, 3.05) is 20.1 Å². The molecule has 0 amide bonds. The number of rotatable bonds is 2. The monoisotopic (exact) mass is 356 g/mol. The molecule has 6 heteroatoms. The van der Waals surface area contributed by atoms with E-state index >= 15 is 0 Å². The lowest BCUT2D eigenvalue weighted by Crippen LogP contribution is -2.33. The van der Waals surface area contributed by atoms with Crippen LogP contribution in [-0.4, -0.2) is 44.9 Å². The van der Waals surface area contributed by atoms with Crippen LogP contribution in [0.4, 0.5) is 0 Å². The third kappa shape index (κ3) is 2.87. The summed E-state index contributed by atoms with van der Waals surface area (Å²) in [5.74, 6) is 0.123. The summed E-state index contributed by atoms with van der Waals surface area (Å²) >= 11 is 5.94. The van der Waals surface area contributed by atoms with Crippen LogP contribution in [0.2, 0.25) is 5.02 Å². The molecule has 1 aromatic carbocycles. The van der Waals surface area contributed by atoms with Gasteiger partial charge in [-0.05, 0) is 63.2 Å². The van der Waals surface area contributed by atoms with E-state index in [1.165, 1.54) is 12.5 Å².